The molecule has 0 aliphatic rings. The Hall–Kier alpha value is -1.01. The molecule has 0 saturated carbocycles. The topological polar surface area (TPSA) is 80.3 Å². The lowest BCUT2D eigenvalue weighted by Crippen LogP contribution is -2.42. The van der Waals surface area contributed by atoms with Crippen molar-refractivity contribution in [3.05, 3.63) is 12.2 Å². The largest absolute Gasteiger partial charge is 0.529 e. The Balaban J connectivity index is 0. The van der Waals surface area contributed by atoms with Gasteiger partial charge in [-0.1, -0.05) is 6.58 Å². The van der Waals surface area contributed by atoms with E-state index < -0.39 is 8.80 Å². The lowest BCUT2D eigenvalue weighted by Gasteiger charge is -2.24. The van der Waals surface area contributed by atoms with E-state index in [0.29, 0.717) is 35.1 Å². The summed E-state index contributed by atoms with van der Waals surface area (Å²) in [6, 6.07) is 0.611. The molecule has 0 N–H and O–H groups in total. The standard InChI is InChI=1S/C10H20O5Si.C2H6O2Si/c1-9(2)10(11)15-7-6-8-16(12-3,13-4)14-5;1-2(3)4-5/h1,6-8H2,2-5H3;1,5H3. The summed E-state index contributed by atoms with van der Waals surface area (Å²) in [6.45, 7) is 6.81. The number of hydrogen-bond donors (Lipinski definition) is 0. The van der Waals surface area contributed by atoms with Crippen LogP contribution in [0.25, 0.3) is 0 Å². The molecule has 0 fully saturated rings. The smallest absolute Gasteiger partial charge is 0.500 e. The minimum atomic E-state index is -2.53. The van der Waals surface area contributed by atoms with Crippen LogP contribution in [0.2, 0.25) is 6.04 Å². The molecule has 0 aromatic carbocycles. The fourth-order valence-corrected chi connectivity index (χ4v) is 2.82. The van der Waals surface area contributed by atoms with Crippen molar-refractivity contribution in [2.24, 2.45) is 0 Å². The van der Waals surface area contributed by atoms with Gasteiger partial charge in [0, 0.05) is 39.9 Å². The zero-order valence-corrected chi connectivity index (χ0v) is 16.7. The molecule has 21 heavy (non-hydrogen) atoms. The van der Waals surface area contributed by atoms with Gasteiger partial charge in [-0.3, -0.25) is 4.79 Å². The van der Waals surface area contributed by atoms with Crippen molar-refractivity contribution < 1.29 is 32.0 Å². The normalized spacial score (nSPS) is 10.3. The van der Waals surface area contributed by atoms with Gasteiger partial charge < -0.3 is 22.4 Å². The van der Waals surface area contributed by atoms with Gasteiger partial charge in [-0.05, 0) is 13.3 Å². The monoisotopic (exact) mass is 338 g/mol. The number of hydrogen-bond acceptors (Lipinski definition) is 7. The number of ether oxygens (including phenoxy) is 1. The van der Waals surface area contributed by atoms with Crippen LogP contribution >= 0.6 is 0 Å². The van der Waals surface area contributed by atoms with Crippen LogP contribution in [0.3, 0.4) is 0 Å². The second-order valence-corrected chi connectivity index (χ2v) is 7.51. The molecule has 0 unspecified atom stereocenters. The Morgan fingerprint density at radius 3 is 1.81 bits per heavy atom. The number of carbonyl (C=O) groups is 2. The highest BCUT2D eigenvalue weighted by Gasteiger charge is 2.36. The lowest BCUT2D eigenvalue weighted by atomic mass is 10.4. The van der Waals surface area contributed by atoms with Gasteiger partial charge in [-0.15, -0.1) is 0 Å². The second kappa shape index (κ2) is 12.7. The van der Waals surface area contributed by atoms with Gasteiger partial charge in [-0.25, -0.2) is 4.79 Å². The highest BCUT2D eigenvalue weighted by molar-refractivity contribution is 6.60. The minimum absolute atomic E-state index is 0.184. The Morgan fingerprint density at radius 2 is 1.52 bits per heavy atom. The van der Waals surface area contributed by atoms with Crippen molar-refractivity contribution in [3.8, 4) is 0 Å². The van der Waals surface area contributed by atoms with E-state index in [1.807, 2.05) is 0 Å². The van der Waals surface area contributed by atoms with Crippen LogP contribution in [0.1, 0.15) is 20.3 Å². The Morgan fingerprint density at radius 1 is 1.10 bits per heavy atom. The minimum Gasteiger partial charge on any atom is -0.529 e. The lowest BCUT2D eigenvalue weighted by molar-refractivity contribution is -0.139. The molecule has 9 heteroatoms. The zero-order valence-electron chi connectivity index (χ0n) is 13.7. The SMILES string of the molecule is C=C(C)C(=O)OCCC[Si](OC)(OC)OC.CC(=O)O[SiH3]. The predicted molar refractivity (Wildman–Crippen MR) is 83.7 cm³/mol. The summed E-state index contributed by atoms with van der Waals surface area (Å²) in [4.78, 5) is 20.7. The quantitative estimate of drug-likeness (QED) is 0.271. The van der Waals surface area contributed by atoms with Crippen molar-refractivity contribution in [1.82, 2.24) is 0 Å². The van der Waals surface area contributed by atoms with Crippen molar-refractivity contribution in [3.63, 3.8) is 0 Å². The van der Waals surface area contributed by atoms with Crippen molar-refractivity contribution in [1.29, 1.82) is 0 Å². The van der Waals surface area contributed by atoms with E-state index in [1.165, 1.54) is 6.92 Å². The summed E-state index contributed by atoms with van der Waals surface area (Å²) in [5, 5.41) is 0. The maximum Gasteiger partial charge on any atom is 0.500 e. The number of esters is 1. The first-order valence-electron chi connectivity index (χ1n) is 6.31. The first-order chi connectivity index (χ1) is 9.78. The van der Waals surface area contributed by atoms with Crippen LogP contribution in [0.5, 0.6) is 0 Å². The summed E-state index contributed by atoms with van der Waals surface area (Å²) >= 11 is 0. The Labute approximate surface area is 130 Å². The van der Waals surface area contributed by atoms with Crippen LogP contribution in [0.15, 0.2) is 12.2 Å². The molecule has 124 valence electrons. The predicted octanol–water partition coefficient (Wildman–Crippen LogP) is 0.204. The molecular weight excluding hydrogens is 312 g/mol. The molecule has 0 heterocycles. The van der Waals surface area contributed by atoms with Crippen molar-refractivity contribution in [2.45, 2.75) is 26.3 Å². The molecular formula is C12H26O7Si2. The third kappa shape index (κ3) is 11.3. The number of rotatable bonds is 8. The average Bonchev–Trinajstić information content (AvgIpc) is 2.48. The van der Waals surface area contributed by atoms with Gasteiger partial charge >= 0.3 is 14.8 Å². The van der Waals surface area contributed by atoms with Crippen LogP contribution in [-0.4, -0.2) is 59.2 Å². The van der Waals surface area contributed by atoms with E-state index in [9.17, 15) is 9.59 Å². The van der Waals surface area contributed by atoms with Gasteiger partial charge in [0.15, 0.2) is 0 Å². The highest BCUT2D eigenvalue weighted by Crippen LogP contribution is 2.14. The van der Waals surface area contributed by atoms with Gasteiger partial charge in [0.2, 0.25) is 10.5 Å². The van der Waals surface area contributed by atoms with E-state index in [0.717, 1.165) is 0 Å². The molecule has 0 bridgehead atoms. The highest BCUT2D eigenvalue weighted by atomic mass is 28.4. The number of carbonyl (C=O) groups excluding carboxylic acids is 2. The molecule has 0 aromatic rings. The van der Waals surface area contributed by atoms with E-state index >= 15 is 0 Å². The first-order valence-corrected chi connectivity index (χ1v) is 9.06. The molecule has 0 radical (unpaired) electrons. The summed E-state index contributed by atoms with van der Waals surface area (Å²) in [5.41, 5.74) is 0.397. The van der Waals surface area contributed by atoms with E-state index in [-0.39, 0.29) is 11.9 Å². The fourth-order valence-electron chi connectivity index (χ4n) is 1.13. The van der Waals surface area contributed by atoms with Gasteiger partial charge in [0.05, 0.1) is 6.61 Å². The molecule has 0 atom stereocenters. The Kier molecular flexibility index (Phi) is 13.5. The second-order valence-electron chi connectivity index (χ2n) is 4.01. The average molecular weight is 339 g/mol. The summed E-state index contributed by atoms with van der Waals surface area (Å²) in [7, 11) is 2.66. The van der Waals surface area contributed by atoms with Crippen LogP contribution < -0.4 is 0 Å². The molecule has 7 nitrogen and oxygen atoms in total. The van der Waals surface area contributed by atoms with E-state index in [2.05, 4.69) is 11.0 Å². The molecule has 0 aromatic heterocycles. The van der Waals surface area contributed by atoms with Crippen LogP contribution in [0, 0.1) is 0 Å². The van der Waals surface area contributed by atoms with E-state index in [1.54, 1.807) is 28.3 Å². The molecule has 0 aliphatic heterocycles. The van der Waals surface area contributed by atoms with Gasteiger partial charge in [0.1, 0.15) is 0 Å². The van der Waals surface area contributed by atoms with Crippen LogP contribution in [0.4, 0.5) is 0 Å². The summed E-state index contributed by atoms with van der Waals surface area (Å²) in [6.07, 6.45) is 0.640. The molecule has 0 rings (SSSR count). The van der Waals surface area contributed by atoms with Crippen LogP contribution in [-0.2, 0) is 32.0 Å². The van der Waals surface area contributed by atoms with Gasteiger partial charge in [-0.2, -0.15) is 0 Å². The third-order valence-corrected chi connectivity index (χ3v) is 5.84. The first kappa shape index (κ1) is 22.3. The fraction of sp³-hybridized carbons (Fsp3) is 0.667. The zero-order chi connectivity index (χ0) is 16.9. The molecule has 0 aliphatic carbocycles. The van der Waals surface area contributed by atoms with Gasteiger partial charge in [0.25, 0.3) is 5.97 Å². The maximum atomic E-state index is 11.1. The molecule has 0 saturated heterocycles. The van der Waals surface area contributed by atoms with Crippen molar-refractivity contribution in [2.75, 3.05) is 27.9 Å². The maximum absolute atomic E-state index is 11.1. The summed E-state index contributed by atoms with van der Waals surface area (Å²) < 4.78 is 24.9. The summed E-state index contributed by atoms with van der Waals surface area (Å²) in [5.74, 6) is -0.559. The molecule has 0 amide bonds. The van der Waals surface area contributed by atoms with Crippen molar-refractivity contribution >= 4 is 31.2 Å². The third-order valence-electron chi connectivity index (χ3n) is 2.43. The molecule has 0 spiro atoms. The van der Waals surface area contributed by atoms with E-state index in [4.69, 9.17) is 18.0 Å². The Bertz CT molecular complexity index is 321.